The number of rotatable bonds is 3. The highest BCUT2D eigenvalue weighted by Crippen LogP contribution is 2.28. The molecule has 1 amide bonds. The highest BCUT2D eigenvalue weighted by atomic mass is 35.5. The SMILES string of the molecule is Cc1ccc(-c2onc(C)c2C(=O)Nc2ccccc2Cl)cc1. The van der Waals surface area contributed by atoms with Crippen molar-refractivity contribution in [1.29, 1.82) is 0 Å². The first-order valence-corrected chi connectivity index (χ1v) is 7.53. The molecule has 4 nitrogen and oxygen atoms in total. The molecule has 0 unspecified atom stereocenters. The average molecular weight is 327 g/mol. The number of carbonyl (C=O) groups is 1. The second-order valence-corrected chi connectivity index (χ2v) is 5.68. The number of nitrogens with one attached hydrogen (secondary N) is 1. The molecule has 116 valence electrons. The molecule has 0 saturated carbocycles. The molecule has 2 aromatic carbocycles. The van der Waals surface area contributed by atoms with Gasteiger partial charge in [-0.15, -0.1) is 0 Å². The molecule has 0 aliphatic rings. The zero-order valence-electron chi connectivity index (χ0n) is 12.8. The highest BCUT2D eigenvalue weighted by molar-refractivity contribution is 6.34. The third-order valence-corrected chi connectivity index (χ3v) is 3.86. The van der Waals surface area contributed by atoms with E-state index in [2.05, 4.69) is 10.5 Å². The lowest BCUT2D eigenvalue weighted by molar-refractivity contribution is 0.102. The number of nitrogens with zero attached hydrogens (tertiary/aromatic N) is 1. The van der Waals surface area contributed by atoms with Gasteiger partial charge in [0.05, 0.1) is 16.4 Å². The summed E-state index contributed by atoms with van der Waals surface area (Å²) in [6.45, 7) is 3.74. The van der Waals surface area contributed by atoms with E-state index in [1.54, 1.807) is 25.1 Å². The molecule has 0 fully saturated rings. The zero-order valence-corrected chi connectivity index (χ0v) is 13.5. The first-order chi connectivity index (χ1) is 11.1. The van der Waals surface area contributed by atoms with Crippen LogP contribution in [0, 0.1) is 13.8 Å². The number of aromatic nitrogens is 1. The van der Waals surface area contributed by atoms with Crippen molar-refractivity contribution >= 4 is 23.2 Å². The molecule has 3 aromatic rings. The second-order valence-electron chi connectivity index (χ2n) is 5.27. The Kier molecular flexibility index (Phi) is 4.17. The van der Waals surface area contributed by atoms with Crippen LogP contribution in [0.2, 0.25) is 5.02 Å². The minimum absolute atomic E-state index is 0.299. The molecule has 0 spiro atoms. The van der Waals surface area contributed by atoms with Crippen LogP contribution in [0.3, 0.4) is 0 Å². The zero-order chi connectivity index (χ0) is 16.4. The summed E-state index contributed by atoms with van der Waals surface area (Å²) in [7, 11) is 0. The molecule has 23 heavy (non-hydrogen) atoms. The van der Waals surface area contributed by atoms with E-state index in [4.69, 9.17) is 16.1 Å². The Balaban J connectivity index is 1.97. The van der Waals surface area contributed by atoms with Gasteiger partial charge in [-0.25, -0.2) is 0 Å². The molecule has 1 heterocycles. The Hall–Kier alpha value is -2.59. The van der Waals surface area contributed by atoms with E-state index in [9.17, 15) is 4.79 Å². The summed E-state index contributed by atoms with van der Waals surface area (Å²) >= 11 is 6.09. The fourth-order valence-electron chi connectivity index (χ4n) is 2.29. The smallest absolute Gasteiger partial charge is 0.261 e. The van der Waals surface area contributed by atoms with Gasteiger partial charge in [-0.1, -0.05) is 58.7 Å². The Morgan fingerprint density at radius 2 is 1.78 bits per heavy atom. The van der Waals surface area contributed by atoms with Crippen LogP contribution in [-0.2, 0) is 0 Å². The highest BCUT2D eigenvalue weighted by Gasteiger charge is 2.22. The number of hydrogen-bond donors (Lipinski definition) is 1. The average Bonchev–Trinajstić information content (AvgIpc) is 2.92. The number of hydrogen-bond acceptors (Lipinski definition) is 3. The number of amides is 1. The maximum Gasteiger partial charge on any atom is 0.261 e. The predicted molar refractivity (Wildman–Crippen MR) is 90.8 cm³/mol. The normalized spacial score (nSPS) is 10.6. The van der Waals surface area contributed by atoms with Crippen molar-refractivity contribution in [2.75, 3.05) is 5.32 Å². The maximum absolute atomic E-state index is 12.6. The van der Waals surface area contributed by atoms with Crippen LogP contribution in [0.25, 0.3) is 11.3 Å². The Bertz CT molecular complexity index is 854. The fourth-order valence-corrected chi connectivity index (χ4v) is 2.47. The van der Waals surface area contributed by atoms with Gasteiger partial charge in [0.25, 0.3) is 5.91 Å². The number of aryl methyl sites for hydroxylation is 2. The monoisotopic (exact) mass is 326 g/mol. The lowest BCUT2D eigenvalue weighted by Crippen LogP contribution is -2.13. The Morgan fingerprint density at radius 3 is 2.48 bits per heavy atom. The quantitative estimate of drug-likeness (QED) is 0.747. The van der Waals surface area contributed by atoms with E-state index in [0.29, 0.717) is 27.7 Å². The minimum Gasteiger partial charge on any atom is -0.355 e. The summed E-state index contributed by atoms with van der Waals surface area (Å²) in [6, 6.07) is 14.8. The van der Waals surface area contributed by atoms with E-state index in [-0.39, 0.29) is 5.91 Å². The molecule has 0 saturated heterocycles. The van der Waals surface area contributed by atoms with Gasteiger partial charge in [0.15, 0.2) is 5.76 Å². The lowest BCUT2D eigenvalue weighted by Gasteiger charge is -2.07. The number of para-hydroxylation sites is 1. The summed E-state index contributed by atoms with van der Waals surface area (Å²) in [5.74, 6) is 0.152. The second kappa shape index (κ2) is 6.26. The summed E-state index contributed by atoms with van der Waals surface area (Å²) < 4.78 is 5.37. The molecule has 0 aliphatic heterocycles. The largest absolute Gasteiger partial charge is 0.355 e. The predicted octanol–water partition coefficient (Wildman–Crippen LogP) is 4.86. The first kappa shape index (κ1) is 15.3. The van der Waals surface area contributed by atoms with Crippen LogP contribution in [0.15, 0.2) is 53.1 Å². The van der Waals surface area contributed by atoms with Gasteiger partial charge in [0.1, 0.15) is 5.56 Å². The van der Waals surface area contributed by atoms with Gasteiger partial charge in [-0.05, 0) is 26.0 Å². The molecule has 5 heteroatoms. The molecule has 0 atom stereocenters. The number of benzene rings is 2. The van der Waals surface area contributed by atoms with E-state index in [1.807, 2.05) is 37.3 Å². The van der Waals surface area contributed by atoms with E-state index >= 15 is 0 Å². The first-order valence-electron chi connectivity index (χ1n) is 7.15. The molecule has 0 radical (unpaired) electrons. The number of halogens is 1. The van der Waals surface area contributed by atoms with E-state index in [0.717, 1.165) is 11.1 Å². The van der Waals surface area contributed by atoms with Crippen molar-refractivity contribution in [3.05, 3.63) is 70.4 Å². The van der Waals surface area contributed by atoms with Gasteiger partial charge in [-0.3, -0.25) is 4.79 Å². The topological polar surface area (TPSA) is 55.1 Å². The van der Waals surface area contributed by atoms with E-state index < -0.39 is 0 Å². The molecule has 3 rings (SSSR count). The summed E-state index contributed by atoms with van der Waals surface area (Å²) in [6.07, 6.45) is 0. The third-order valence-electron chi connectivity index (χ3n) is 3.53. The lowest BCUT2D eigenvalue weighted by atomic mass is 10.0. The van der Waals surface area contributed by atoms with Gasteiger partial charge in [-0.2, -0.15) is 0 Å². The fraction of sp³-hybridized carbons (Fsp3) is 0.111. The van der Waals surface area contributed by atoms with Crippen LogP contribution in [0.1, 0.15) is 21.6 Å². The molecular formula is C18H15ClN2O2. The minimum atomic E-state index is -0.299. The van der Waals surface area contributed by atoms with Gasteiger partial charge >= 0.3 is 0 Å². The third kappa shape index (κ3) is 3.12. The van der Waals surface area contributed by atoms with Gasteiger partial charge < -0.3 is 9.84 Å². The van der Waals surface area contributed by atoms with Gasteiger partial charge in [0.2, 0.25) is 0 Å². The standard InChI is InChI=1S/C18H15ClN2O2/c1-11-7-9-13(10-8-11)17-16(12(2)21-23-17)18(22)20-15-6-4-3-5-14(15)19/h3-10H,1-2H3,(H,20,22). The van der Waals surface area contributed by atoms with Gasteiger partial charge in [0, 0.05) is 5.56 Å². The Morgan fingerprint density at radius 1 is 1.09 bits per heavy atom. The summed E-state index contributed by atoms with van der Waals surface area (Å²) in [5, 5.41) is 7.21. The summed E-state index contributed by atoms with van der Waals surface area (Å²) in [5.41, 5.74) is 3.43. The number of anilines is 1. The molecule has 1 aromatic heterocycles. The van der Waals surface area contributed by atoms with Crippen molar-refractivity contribution < 1.29 is 9.32 Å². The molecule has 0 bridgehead atoms. The van der Waals surface area contributed by atoms with Crippen LogP contribution >= 0.6 is 11.6 Å². The van der Waals surface area contributed by atoms with Crippen molar-refractivity contribution in [2.24, 2.45) is 0 Å². The van der Waals surface area contributed by atoms with Crippen molar-refractivity contribution in [3.63, 3.8) is 0 Å². The maximum atomic E-state index is 12.6. The molecule has 0 aliphatic carbocycles. The summed E-state index contributed by atoms with van der Waals surface area (Å²) in [4.78, 5) is 12.6. The van der Waals surface area contributed by atoms with Crippen molar-refractivity contribution in [2.45, 2.75) is 13.8 Å². The molecule has 1 N–H and O–H groups in total. The van der Waals surface area contributed by atoms with Crippen molar-refractivity contribution in [1.82, 2.24) is 5.16 Å². The van der Waals surface area contributed by atoms with Crippen LogP contribution in [0.5, 0.6) is 0 Å². The Labute approximate surface area is 139 Å². The van der Waals surface area contributed by atoms with E-state index in [1.165, 1.54) is 0 Å². The molecular weight excluding hydrogens is 312 g/mol. The van der Waals surface area contributed by atoms with Crippen molar-refractivity contribution in [3.8, 4) is 11.3 Å². The van der Waals surface area contributed by atoms with Crippen LogP contribution in [0.4, 0.5) is 5.69 Å². The van der Waals surface area contributed by atoms with Crippen LogP contribution in [-0.4, -0.2) is 11.1 Å². The van der Waals surface area contributed by atoms with Crippen LogP contribution < -0.4 is 5.32 Å². The number of carbonyl (C=O) groups excluding carboxylic acids is 1.